The van der Waals surface area contributed by atoms with E-state index in [1.165, 1.54) is 6.92 Å². The molecule has 1 aromatic rings. The van der Waals surface area contributed by atoms with E-state index in [1.807, 2.05) is 18.2 Å². The zero-order valence-electron chi connectivity index (χ0n) is 14.9. The smallest absolute Gasteiger partial charge is 0.302 e. The lowest BCUT2D eigenvalue weighted by atomic mass is 9.50. The number of esters is 1. The van der Waals surface area contributed by atoms with Crippen LogP contribution in [0.1, 0.15) is 45.8 Å². The summed E-state index contributed by atoms with van der Waals surface area (Å²) in [6.45, 7) is 9.30. The first kappa shape index (κ1) is 15.9. The van der Waals surface area contributed by atoms with Crippen molar-refractivity contribution in [1.29, 1.82) is 0 Å². The lowest BCUT2D eigenvalue weighted by Gasteiger charge is -2.63. The zero-order chi connectivity index (χ0) is 17.1. The van der Waals surface area contributed by atoms with Gasteiger partial charge in [0.1, 0.15) is 11.4 Å². The van der Waals surface area contributed by atoms with Gasteiger partial charge in [-0.25, -0.2) is 0 Å². The van der Waals surface area contributed by atoms with Crippen molar-refractivity contribution in [3.63, 3.8) is 0 Å². The summed E-state index contributed by atoms with van der Waals surface area (Å²) >= 11 is 0. The van der Waals surface area contributed by atoms with Gasteiger partial charge in [0.05, 0.1) is 19.3 Å². The second-order valence-corrected chi connectivity index (χ2v) is 8.12. The maximum absolute atomic E-state index is 11.4. The Hall–Kier alpha value is -1.55. The Morgan fingerprint density at radius 2 is 2.08 bits per heavy atom. The molecule has 0 unspecified atom stereocenters. The molecule has 0 radical (unpaired) electrons. The number of para-hydroxylation sites is 1. The van der Waals surface area contributed by atoms with Crippen LogP contribution in [0.3, 0.4) is 0 Å². The molecule has 2 fully saturated rings. The van der Waals surface area contributed by atoms with E-state index in [0.29, 0.717) is 25.0 Å². The van der Waals surface area contributed by atoms with Crippen LogP contribution in [0.2, 0.25) is 0 Å². The summed E-state index contributed by atoms with van der Waals surface area (Å²) in [5, 5.41) is 0. The van der Waals surface area contributed by atoms with Gasteiger partial charge in [0.25, 0.3) is 0 Å². The van der Waals surface area contributed by atoms with E-state index >= 15 is 0 Å². The van der Waals surface area contributed by atoms with E-state index in [0.717, 1.165) is 17.7 Å². The molecule has 1 saturated heterocycles. The van der Waals surface area contributed by atoms with Crippen LogP contribution in [0.4, 0.5) is 0 Å². The molecular weight excluding hydrogens is 304 g/mol. The molecule has 4 heteroatoms. The second kappa shape index (κ2) is 5.22. The third-order valence-corrected chi connectivity index (χ3v) is 6.81. The fraction of sp³-hybridized carbons (Fsp3) is 0.650. The van der Waals surface area contributed by atoms with Crippen LogP contribution in [-0.4, -0.2) is 24.8 Å². The highest BCUT2D eigenvalue weighted by Crippen LogP contribution is 2.63. The number of carbonyl (C=O) groups excluding carboxylic acids is 1. The van der Waals surface area contributed by atoms with Gasteiger partial charge >= 0.3 is 5.97 Å². The molecule has 1 aromatic carbocycles. The maximum Gasteiger partial charge on any atom is 0.302 e. The Labute approximate surface area is 143 Å². The highest BCUT2D eigenvalue weighted by molar-refractivity contribution is 5.65. The summed E-state index contributed by atoms with van der Waals surface area (Å²) in [7, 11) is 0. The van der Waals surface area contributed by atoms with E-state index in [-0.39, 0.29) is 29.0 Å². The zero-order valence-corrected chi connectivity index (χ0v) is 14.9. The Balaban J connectivity index is 1.76. The Kier molecular flexibility index (Phi) is 3.47. The lowest BCUT2D eigenvalue weighted by molar-refractivity contribution is -0.261. The highest BCUT2D eigenvalue weighted by atomic mass is 16.5. The molecule has 130 valence electrons. The summed E-state index contributed by atoms with van der Waals surface area (Å²) < 4.78 is 18.4. The molecule has 4 rings (SSSR count). The van der Waals surface area contributed by atoms with Gasteiger partial charge in [-0.05, 0) is 31.2 Å². The first-order valence-electron chi connectivity index (χ1n) is 8.90. The largest absolute Gasteiger partial charge is 0.487 e. The summed E-state index contributed by atoms with van der Waals surface area (Å²) in [6, 6.07) is 8.23. The summed E-state index contributed by atoms with van der Waals surface area (Å²) in [5.41, 5.74) is 0.794. The third-order valence-electron chi connectivity index (χ3n) is 6.81. The molecular formula is C20H26O4. The Bertz CT molecular complexity index is 671. The second-order valence-electron chi connectivity index (χ2n) is 8.12. The van der Waals surface area contributed by atoms with Crippen molar-refractivity contribution < 1.29 is 19.0 Å². The van der Waals surface area contributed by atoms with Crippen molar-refractivity contribution in [1.82, 2.24) is 0 Å². The first-order valence-corrected chi connectivity index (χ1v) is 8.90. The minimum Gasteiger partial charge on any atom is -0.487 e. The number of hydrogen-bond donors (Lipinski definition) is 0. The quantitative estimate of drug-likeness (QED) is 0.775. The van der Waals surface area contributed by atoms with Gasteiger partial charge in [-0.3, -0.25) is 4.79 Å². The minimum atomic E-state index is -0.238. The monoisotopic (exact) mass is 330 g/mol. The molecule has 4 nitrogen and oxygen atoms in total. The van der Waals surface area contributed by atoms with Crippen molar-refractivity contribution in [3.8, 4) is 5.75 Å². The molecule has 3 aliphatic rings. The Morgan fingerprint density at radius 3 is 2.83 bits per heavy atom. The van der Waals surface area contributed by atoms with Crippen molar-refractivity contribution in [2.75, 3.05) is 13.2 Å². The van der Waals surface area contributed by atoms with Gasteiger partial charge < -0.3 is 14.2 Å². The number of hydrogen-bond acceptors (Lipinski definition) is 4. The van der Waals surface area contributed by atoms with Crippen molar-refractivity contribution in [2.24, 2.45) is 23.2 Å². The van der Waals surface area contributed by atoms with E-state index in [1.54, 1.807) is 0 Å². The molecule has 2 aliphatic heterocycles. The normalized spacial score (nSPS) is 42.7. The van der Waals surface area contributed by atoms with E-state index in [2.05, 4.69) is 26.8 Å². The van der Waals surface area contributed by atoms with E-state index in [4.69, 9.17) is 14.2 Å². The number of fused-ring (bicyclic) bond motifs is 3. The van der Waals surface area contributed by atoms with Crippen LogP contribution in [0.15, 0.2) is 24.3 Å². The molecule has 2 bridgehead atoms. The molecule has 24 heavy (non-hydrogen) atoms. The topological polar surface area (TPSA) is 44.8 Å². The lowest BCUT2D eigenvalue weighted by Crippen LogP contribution is -2.66. The van der Waals surface area contributed by atoms with E-state index in [9.17, 15) is 4.79 Å². The van der Waals surface area contributed by atoms with Crippen LogP contribution >= 0.6 is 0 Å². The first-order chi connectivity index (χ1) is 11.4. The van der Waals surface area contributed by atoms with Gasteiger partial charge in [-0.15, -0.1) is 0 Å². The maximum atomic E-state index is 11.4. The number of carbonyl (C=O) groups is 1. The molecule has 2 heterocycles. The van der Waals surface area contributed by atoms with Crippen LogP contribution in [0, 0.1) is 23.2 Å². The molecule has 0 aromatic heterocycles. The highest BCUT2D eigenvalue weighted by Gasteiger charge is 2.64. The summed E-state index contributed by atoms with van der Waals surface area (Å²) in [5.74, 6) is 1.73. The fourth-order valence-electron chi connectivity index (χ4n) is 5.49. The van der Waals surface area contributed by atoms with Crippen LogP contribution in [0.5, 0.6) is 5.75 Å². The standard InChI is InChI=1S/C20H26O4/c1-12-9-19(4)17-13(2)20(12,10-22-14(3)21)11-23-18(17)15-7-5-6-8-16(15)24-19/h5-8,12-13,17-18H,9-11H2,1-4H3/t12-,13+,17-,18-,19-,20-/m1/s1. The van der Waals surface area contributed by atoms with Gasteiger partial charge in [0.15, 0.2) is 0 Å². The van der Waals surface area contributed by atoms with Crippen molar-refractivity contribution >= 4 is 5.97 Å². The molecule has 6 atom stereocenters. The number of ether oxygens (including phenoxy) is 3. The predicted octanol–water partition coefficient (Wildman–Crippen LogP) is 3.75. The van der Waals surface area contributed by atoms with Crippen molar-refractivity contribution in [3.05, 3.63) is 29.8 Å². The molecule has 0 amide bonds. The summed E-state index contributed by atoms with van der Waals surface area (Å²) in [4.78, 5) is 11.4. The molecule has 0 N–H and O–H groups in total. The summed E-state index contributed by atoms with van der Waals surface area (Å²) in [6.07, 6.45) is 1.02. The predicted molar refractivity (Wildman–Crippen MR) is 89.7 cm³/mol. The molecule has 1 aliphatic carbocycles. The van der Waals surface area contributed by atoms with Gasteiger partial charge in [-0.1, -0.05) is 32.0 Å². The number of rotatable bonds is 2. The average molecular weight is 330 g/mol. The van der Waals surface area contributed by atoms with Crippen LogP contribution < -0.4 is 4.74 Å². The third kappa shape index (κ3) is 2.05. The van der Waals surface area contributed by atoms with Crippen LogP contribution in [0.25, 0.3) is 0 Å². The fourth-order valence-corrected chi connectivity index (χ4v) is 5.49. The van der Waals surface area contributed by atoms with Gasteiger partial charge in [-0.2, -0.15) is 0 Å². The van der Waals surface area contributed by atoms with Crippen LogP contribution in [-0.2, 0) is 14.3 Å². The SMILES string of the molecule is CC(=O)OC[C@@]12CO[C@@H]3c4ccccc4O[C@](C)(C[C@H]1C)[C@@H]3[C@@H]2C. The van der Waals surface area contributed by atoms with E-state index < -0.39 is 0 Å². The molecule has 0 spiro atoms. The number of benzene rings is 1. The van der Waals surface area contributed by atoms with Gasteiger partial charge in [0, 0.05) is 23.8 Å². The average Bonchev–Trinajstić information content (AvgIpc) is 2.52. The Morgan fingerprint density at radius 1 is 1.33 bits per heavy atom. The molecule has 1 saturated carbocycles. The van der Waals surface area contributed by atoms with Gasteiger partial charge in [0.2, 0.25) is 0 Å². The minimum absolute atomic E-state index is 0.0629. The van der Waals surface area contributed by atoms with Crippen molar-refractivity contribution in [2.45, 2.75) is 45.8 Å².